The van der Waals surface area contributed by atoms with Crippen molar-refractivity contribution >= 4 is 22.4 Å². The predicted octanol–water partition coefficient (Wildman–Crippen LogP) is 2.20. The van der Waals surface area contributed by atoms with E-state index in [9.17, 15) is 14.3 Å². The van der Waals surface area contributed by atoms with E-state index in [0.29, 0.717) is 13.0 Å². The molecule has 0 spiro atoms. The fourth-order valence-corrected chi connectivity index (χ4v) is 4.10. The SMILES string of the molecule is NC(=O)c1csc(N2CCC[C@@](CO)(Cc3ccc(F)cc3)C2)n1. The lowest BCUT2D eigenvalue weighted by molar-refractivity contribution is 0.0995. The van der Waals surface area contributed by atoms with Crippen LogP contribution in [0.25, 0.3) is 0 Å². The zero-order valence-electron chi connectivity index (χ0n) is 13.2. The highest BCUT2D eigenvalue weighted by molar-refractivity contribution is 7.13. The van der Waals surface area contributed by atoms with Crippen LogP contribution in [0.1, 0.15) is 28.9 Å². The van der Waals surface area contributed by atoms with E-state index in [0.717, 1.165) is 30.1 Å². The van der Waals surface area contributed by atoms with Gasteiger partial charge in [-0.3, -0.25) is 4.79 Å². The number of piperidine rings is 1. The summed E-state index contributed by atoms with van der Waals surface area (Å²) in [6.07, 6.45) is 2.49. The molecular weight excluding hydrogens is 329 g/mol. The molecule has 1 fully saturated rings. The maximum atomic E-state index is 13.1. The molecule has 1 saturated heterocycles. The van der Waals surface area contributed by atoms with Crippen LogP contribution in [-0.2, 0) is 6.42 Å². The van der Waals surface area contributed by atoms with E-state index in [1.807, 2.05) is 0 Å². The van der Waals surface area contributed by atoms with Crippen LogP contribution in [0.2, 0.25) is 0 Å². The van der Waals surface area contributed by atoms with Gasteiger partial charge in [-0.2, -0.15) is 0 Å². The molecule has 0 radical (unpaired) electrons. The van der Waals surface area contributed by atoms with Crippen LogP contribution in [0.4, 0.5) is 9.52 Å². The summed E-state index contributed by atoms with van der Waals surface area (Å²) in [5.74, 6) is -0.793. The minimum atomic E-state index is -0.533. The second-order valence-corrected chi connectivity index (χ2v) is 7.20. The number of halogens is 1. The van der Waals surface area contributed by atoms with E-state index in [1.54, 1.807) is 17.5 Å². The summed E-state index contributed by atoms with van der Waals surface area (Å²) in [6, 6.07) is 6.42. The van der Waals surface area contributed by atoms with Crippen molar-refractivity contribution in [3.05, 3.63) is 46.7 Å². The number of carbonyl (C=O) groups is 1. The molecule has 1 aliphatic rings. The van der Waals surface area contributed by atoms with E-state index in [1.165, 1.54) is 23.5 Å². The topological polar surface area (TPSA) is 79.5 Å². The molecule has 1 amide bonds. The lowest BCUT2D eigenvalue weighted by atomic mass is 9.76. The first-order valence-corrected chi connectivity index (χ1v) is 8.75. The highest BCUT2D eigenvalue weighted by Crippen LogP contribution is 2.36. The normalized spacial score (nSPS) is 21.0. The van der Waals surface area contributed by atoms with Crippen LogP contribution in [0.3, 0.4) is 0 Å². The first-order valence-electron chi connectivity index (χ1n) is 7.87. The summed E-state index contributed by atoms with van der Waals surface area (Å²) in [6.45, 7) is 1.53. The highest BCUT2D eigenvalue weighted by atomic mass is 32.1. The second-order valence-electron chi connectivity index (χ2n) is 6.37. The van der Waals surface area contributed by atoms with Gasteiger partial charge in [-0.05, 0) is 37.0 Å². The molecule has 1 aromatic carbocycles. The fourth-order valence-electron chi connectivity index (χ4n) is 3.26. The van der Waals surface area contributed by atoms with Crippen molar-refractivity contribution < 1.29 is 14.3 Å². The summed E-state index contributed by atoms with van der Waals surface area (Å²) < 4.78 is 13.1. The van der Waals surface area contributed by atoms with Gasteiger partial charge in [-0.15, -0.1) is 11.3 Å². The number of aromatic nitrogens is 1. The van der Waals surface area contributed by atoms with Crippen molar-refractivity contribution in [1.82, 2.24) is 4.98 Å². The van der Waals surface area contributed by atoms with Gasteiger partial charge in [0.25, 0.3) is 5.91 Å². The van der Waals surface area contributed by atoms with Crippen molar-refractivity contribution in [3.8, 4) is 0 Å². The van der Waals surface area contributed by atoms with E-state index in [4.69, 9.17) is 5.73 Å². The number of amides is 1. The zero-order chi connectivity index (χ0) is 17.2. The van der Waals surface area contributed by atoms with Gasteiger partial charge >= 0.3 is 0 Å². The first-order chi connectivity index (χ1) is 11.5. The Hall–Kier alpha value is -1.99. The standard InChI is InChI=1S/C17H20FN3O2S/c18-13-4-2-12(3-5-13)8-17(11-22)6-1-7-21(10-17)16-20-14(9-24-16)15(19)23/h2-5,9,22H,1,6-8,10-11H2,(H2,19,23)/t17-/m1/s1. The Bertz CT molecular complexity index is 719. The largest absolute Gasteiger partial charge is 0.396 e. The molecule has 0 bridgehead atoms. The van der Waals surface area contributed by atoms with Crippen molar-refractivity contribution in [2.24, 2.45) is 11.1 Å². The Kier molecular flexibility index (Phi) is 4.82. The third-order valence-electron chi connectivity index (χ3n) is 4.50. The molecule has 2 aromatic rings. The van der Waals surface area contributed by atoms with Gasteiger partial charge < -0.3 is 15.7 Å². The summed E-state index contributed by atoms with van der Waals surface area (Å²) in [5.41, 5.74) is 6.25. The number of hydrogen-bond donors (Lipinski definition) is 2. The van der Waals surface area contributed by atoms with Gasteiger partial charge in [0.05, 0.1) is 6.61 Å². The van der Waals surface area contributed by atoms with Gasteiger partial charge in [-0.1, -0.05) is 12.1 Å². The number of rotatable bonds is 5. The van der Waals surface area contributed by atoms with E-state index >= 15 is 0 Å². The maximum Gasteiger partial charge on any atom is 0.268 e. The molecule has 128 valence electrons. The Labute approximate surface area is 143 Å². The van der Waals surface area contributed by atoms with Crippen LogP contribution in [0.15, 0.2) is 29.6 Å². The lowest BCUT2D eigenvalue weighted by Gasteiger charge is -2.42. The molecule has 1 aliphatic heterocycles. The number of aliphatic hydroxyl groups excluding tert-OH is 1. The molecule has 5 nitrogen and oxygen atoms in total. The average molecular weight is 349 g/mol. The summed E-state index contributed by atoms with van der Waals surface area (Å²) in [7, 11) is 0. The van der Waals surface area contributed by atoms with Gasteiger partial charge in [0.15, 0.2) is 5.13 Å². The van der Waals surface area contributed by atoms with Crippen molar-refractivity contribution in [2.75, 3.05) is 24.6 Å². The van der Waals surface area contributed by atoms with Gasteiger partial charge in [0.1, 0.15) is 11.5 Å². The number of nitrogens with zero attached hydrogens (tertiary/aromatic N) is 2. The minimum absolute atomic E-state index is 0.0505. The summed E-state index contributed by atoms with van der Waals surface area (Å²) in [5, 5.41) is 12.4. The Morgan fingerprint density at radius 2 is 2.17 bits per heavy atom. The molecule has 1 aromatic heterocycles. The second kappa shape index (κ2) is 6.86. The molecular formula is C17H20FN3O2S. The Morgan fingerprint density at radius 1 is 1.42 bits per heavy atom. The molecule has 2 heterocycles. The smallest absolute Gasteiger partial charge is 0.268 e. The lowest BCUT2D eigenvalue weighted by Crippen LogP contribution is -2.46. The van der Waals surface area contributed by atoms with Gasteiger partial charge in [0, 0.05) is 23.9 Å². The van der Waals surface area contributed by atoms with Crippen molar-refractivity contribution in [1.29, 1.82) is 0 Å². The van der Waals surface area contributed by atoms with E-state index in [-0.39, 0.29) is 23.5 Å². The average Bonchev–Trinajstić information content (AvgIpc) is 3.08. The molecule has 3 rings (SSSR count). The van der Waals surface area contributed by atoms with Crippen LogP contribution >= 0.6 is 11.3 Å². The van der Waals surface area contributed by atoms with Crippen LogP contribution in [0.5, 0.6) is 0 Å². The number of thiazole rings is 1. The third kappa shape index (κ3) is 3.57. The zero-order valence-corrected chi connectivity index (χ0v) is 14.1. The molecule has 7 heteroatoms. The fraction of sp³-hybridized carbons (Fsp3) is 0.412. The van der Waals surface area contributed by atoms with Crippen LogP contribution < -0.4 is 10.6 Å². The molecule has 3 N–H and O–H groups in total. The number of hydrogen-bond acceptors (Lipinski definition) is 5. The number of anilines is 1. The first kappa shape index (κ1) is 16.9. The molecule has 1 atom stereocenters. The predicted molar refractivity (Wildman–Crippen MR) is 91.7 cm³/mol. The van der Waals surface area contributed by atoms with Crippen LogP contribution in [-0.4, -0.2) is 35.7 Å². The number of benzene rings is 1. The third-order valence-corrected chi connectivity index (χ3v) is 5.41. The number of aliphatic hydroxyl groups is 1. The number of carbonyl (C=O) groups excluding carboxylic acids is 1. The van der Waals surface area contributed by atoms with Crippen LogP contribution in [0, 0.1) is 11.2 Å². The Morgan fingerprint density at radius 3 is 2.79 bits per heavy atom. The molecule has 24 heavy (non-hydrogen) atoms. The van der Waals surface area contributed by atoms with Crippen molar-refractivity contribution in [3.63, 3.8) is 0 Å². The van der Waals surface area contributed by atoms with Crippen molar-refractivity contribution in [2.45, 2.75) is 19.3 Å². The van der Waals surface area contributed by atoms with E-state index < -0.39 is 5.91 Å². The van der Waals surface area contributed by atoms with Gasteiger partial charge in [-0.25, -0.2) is 9.37 Å². The van der Waals surface area contributed by atoms with E-state index in [2.05, 4.69) is 9.88 Å². The molecule has 0 unspecified atom stereocenters. The quantitative estimate of drug-likeness (QED) is 0.867. The maximum absolute atomic E-state index is 13.1. The Balaban J connectivity index is 1.78. The minimum Gasteiger partial charge on any atom is -0.396 e. The van der Waals surface area contributed by atoms with Gasteiger partial charge in [0.2, 0.25) is 0 Å². The number of primary amides is 1. The molecule has 0 saturated carbocycles. The number of nitrogens with two attached hydrogens (primary N) is 1. The summed E-state index contributed by atoms with van der Waals surface area (Å²) in [4.78, 5) is 17.6. The highest BCUT2D eigenvalue weighted by Gasteiger charge is 2.36. The molecule has 0 aliphatic carbocycles. The monoisotopic (exact) mass is 349 g/mol. The summed E-state index contributed by atoms with van der Waals surface area (Å²) >= 11 is 1.39.